The molecule has 0 aromatic carbocycles. The number of carbonyl (C=O) groups excluding carboxylic acids is 1. The van der Waals surface area contributed by atoms with E-state index in [1.54, 1.807) is 0 Å². The first-order valence-electron chi connectivity index (χ1n) is 4.66. The molecule has 0 amide bonds. The summed E-state index contributed by atoms with van der Waals surface area (Å²) >= 11 is 8.22. The molecular weight excluding hydrogens is 344 g/mol. The molecule has 2 heterocycles. The van der Waals surface area contributed by atoms with Crippen molar-refractivity contribution in [1.29, 1.82) is 0 Å². The number of thiophene rings is 1. The highest BCUT2D eigenvalue weighted by atomic mass is 79.9. The first-order valence-corrected chi connectivity index (χ1v) is 7.07. The molecule has 1 aliphatic heterocycles. The minimum Gasteiger partial charge on any atom is -0.367 e. The molecule has 0 saturated carbocycles. The molecule has 1 atom stereocenters. The molecule has 1 aromatic rings. The van der Waals surface area contributed by atoms with E-state index >= 15 is 0 Å². The first kappa shape index (κ1) is 11.8. The highest BCUT2D eigenvalue weighted by Crippen LogP contribution is 2.37. The van der Waals surface area contributed by atoms with Gasteiger partial charge in [0.15, 0.2) is 0 Å². The Balaban J connectivity index is 2.27. The van der Waals surface area contributed by atoms with E-state index in [2.05, 4.69) is 31.9 Å². The summed E-state index contributed by atoms with van der Waals surface area (Å²) in [4.78, 5) is 12.9. The number of halogens is 2. The highest BCUT2D eigenvalue weighted by molar-refractivity contribution is 9.13. The van der Waals surface area contributed by atoms with Gasteiger partial charge in [-0.25, -0.2) is 0 Å². The molecule has 1 fully saturated rings. The second-order valence-electron chi connectivity index (χ2n) is 3.74. The van der Waals surface area contributed by atoms with E-state index in [0.717, 1.165) is 26.0 Å². The van der Waals surface area contributed by atoms with Crippen LogP contribution in [0.15, 0.2) is 14.3 Å². The number of hydrogen-bond donors (Lipinski definition) is 0. The van der Waals surface area contributed by atoms with Crippen molar-refractivity contribution in [2.45, 2.75) is 25.4 Å². The SMILES string of the molecule is CC1(C(=O)c2cc(Br)c(Br)s2)CCCO1. The van der Waals surface area contributed by atoms with Crippen LogP contribution in [0.2, 0.25) is 0 Å². The maximum Gasteiger partial charge on any atom is 0.204 e. The molecule has 15 heavy (non-hydrogen) atoms. The Bertz CT molecular complexity index is 375. The Kier molecular flexibility index (Phi) is 3.36. The van der Waals surface area contributed by atoms with Crippen molar-refractivity contribution in [1.82, 2.24) is 0 Å². The Hall–Kier alpha value is 0.290. The minimum absolute atomic E-state index is 0.0939. The van der Waals surface area contributed by atoms with Gasteiger partial charge < -0.3 is 4.74 Å². The van der Waals surface area contributed by atoms with Gasteiger partial charge in [-0.15, -0.1) is 11.3 Å². The van der Waals surface area contributed by atoms with E-state index in [1.165, 1.54) is 11.3 Å². The van der Waals surface area contributed by atoms with Crippen molar-refractivity contribution in [3.05, 3.63) is 19.2 Å². The molecule has 82 valence electrons. The molecule has 1 saturated heterocycles. The van der Waals surface area contributed by atoms with Crippen LogP contribution in [0.3, 0.4) is 0 Å². The second-order valence-corrected chi connectivity index (χ2v) is 6.97. The van der Waals surface area contributed by atoms with Gasteiger partial charge in [0.1, 0.15) is 5.60 Å². The van der Waals surface area contributed by atoms with E-state index < -0.39 is 5.60 Å². The van der Waals surface area contributed by atoms with Crippen LogP contribution in [-0.2, 0) is 4.74 Å². The molecule has 0 aliphatic carbocycles. The quantitative estimate of drug-likeness (QED) is 0.750. The van der Waals surface area contributed by atoms with Gasteiger partial charge >= 0.3 is 0 Å². The van der Waals surface area contributed by atoms with Gasteiger partial charge in [-0.3, -0.25) is 4.79 Å². The summed E-state index contributed by atoms with van der Waals surface area (Å²) in [6, 6.07) is 1.85. The van der Waals surface area contributed by atoms with Crippen molar-refractivity contribution in [3.63, 3.8) is 0 Å². The summed E-state index contributed by atoms with van der Waals surface area (Å²) in [5, 5.41) is 0. The van der Waals surface area contributed by atoms with Crippen molar-refractivity contribution in [3.8, 4) is 0 Å². The largest absolute Gasteiger partial charge is 0.367 e. The average Bonchev–Trinajstić information content (AvgIpc) is 2.75. The molecule has 0 N–H and O–H groups in total. The number of carbonyl (C=O) groups is 1. The fraction of sp³-hybridized carbons (Fsp3) is 0.500. The highest BCUT2D eigenvalue weighted by Gasteiger charge is 2.39. The number of Topliss-reactive ketones (excluding diaryl/α,β-unsaturated/α-hetero) is 1. The zero-order valence-corrected chi connectivity index (χ0v) is 12.2. The van der Waals surface area contributed by atoms with Crippen LogP contribution in [-0.4, -0.2) is 18.0 Å². The van der Waals surface area contributed by atoms with E-state index in [-0.39, 0.29) is 5.78 Å². The number of rotatable bonds is 2. The summed E-state index contributed by atoms with van der Waals surface area (Å²) in [6.45, 7) is 2.57. The molecule has 0 bridgehead atoms. The van der Waals surface area contributed by atoms with Gasteiger partial charge in [0.2, 0.25) is 5.78 Å². The zero-order valence-electron chi connectivity index (χ0n) is 8.18. The normalized spacial score (nSPS) is 25.8. The number of hydrogen-bond acceptors (Lipinski definition) is 3. The molecule has 0 spiro atoms. The van der Waals surface area contributed by atoms with E-state index in [1.807, 2.05) is 13.0 Å². The maximum absolute atomic E-state index is 12.2. The molecule has 1 unspecified atom stereocenters. The third-order valence-corrected chi connectivity index (χ3v) is 5.82. The molecule has 2 rings (SSSR count). The van der Waals surface area contributed by atoms with E-state index in [9.17, 15) is 4.79 Å². The number of ketones is 1. The first-order chi connectivity index (χ1) is 7.03. The predicted molar refractivity (Wildman–Crippen MR) is 67.6 cm³/mol. The van der Waals surface area contributed by atoms with Gasteiger partial charge in [0.05, 0.1) is 8.66 Å². The summed E-state index contributed by atoms with van der Waals surface area (Å²) in [5.41, 5.74) is -0.607. The minimum atomic E-state index is -0.607. The van der Waals surface area contributed by atoms with Crippen LogP contribution >= 0.6 is 43.2 Å². The van der Waals surface area contributed by atoms with Gasteiger partial charge in [0, 0.05) is 11.1 Å². The Labute approximate surface area is 109 Å². The van der Waals surface area contributed by atoms with Crippen molar-refractivity contribution < 1.29 is 9.53 Å². The summed E-state index contributed by atoms with van der Waals surface area (Å²) < 4.78 is 7.41. The fourth-order valence-electron chi connectivity index (χ4n) is 1.68. The predicted octanol–water partition coefficient (Wildman–Crippen LogP) is 4.02. The standard InChI is InChI=1S/C10H10Br2O2S/c1-10(3-2-4-14-10)8(13)7-5-6(11)9(12)15-7/h5H,2-4H2,1H3. The Morgan fingerprint density at radius 3 is 2.80 bits per heavy atom. The van der Waals surface area contributed by atoms with Crippen LogP contribution < -0.4 is 0 Å². The van der Waals surface area contributed by atoms with Gasteiger partial charge in [-0.05, 0) is 57.7 Å². The molecule has 1 aliphatic rings. The lowest BCUT2D eigenvalue weighted by atomic mass is 9.96. The van der Waals surface area contributed by atoms with E-state index in [4.69, 9.17) is 4.74 Å². The third-order valence-electron chi connectivity index (χ3n) is 2.57. The molecule has 0 radical (unpaired) electrons. The summed E-state index contributed by atoms with van der Waals surface area (Å²) in [5.74, 6) is 0.0939. The Morgan fingerprint density at radius 1 is 1.60 bits per heavy atom. The van der Waals surface area contributed by atoms with Gasteiger partial charge in [-0.1, -0.05) is 0 Å². The van der Waals surface area contributed by atoms with Crippen LogP contribution in [0, 0.1) is 0 Å². The van der Waals surface area contributed by atoms with Gasteiger partial charge in [-0.2, -0.15) is 0 Å². The third kappa shape index (κ3) is 2.20. The molecule has 2 nitrogen and oxygen atoms in total. The number of ether oxygens (including phenoxy) is 1. The van der Waals surface area contributed by atoms with Crippen LogP contribution in [0.1, 0.15) is 29.4 Å². The topological polar surface area (TPSA) is 26.3 Å². The summed E-state index contributed by atoms with van der Waals surface area (Å²) in [7, 11) is 0. The lowest BCUT2D eigenvalue weighted by molar-refractivity contribution is 0.0217. The van der Waals surface area contributed by atoms with Crippen molar-refractivity contribution in [2.24, 2.45) is 0 Å². The summed E-state index contributed by atoms with van der Waals surface area (Å²) in [6.07, 6.45) is 1.79. The zero-order chi connectivity index (χ0) is 11.1. The van der Waals surface area contributed by atoms with Gasteiger partial charge in [0.25, 0.3) is 0 Å². The molecular formula is C10H10Br2O2S. The monoisotopic (exact) mass is 352 g/mol. The van der Waals surface area contributed by atoms with Crippen LogP contribution in [0.5, 0.6) is 0 Å². The fourth-order valence-corrected chi connectivity index (χ4v) is 3.77. The lowest BCUT2D eigenvalue weighted by Crippen LogP contribution is -2.33. The average molecular weight is 354 g/mol. The lowest BCUT2D eigenvalue weighted by Gasteiger charge is -2.20. The molecule has 1 aromatic heterocycles. The maximum atomic E-state index is 12.2. The smallest absolute Gasteiger partial charge is 0.204 e. The van der Waals surface area contributed by atoms with Crippen molar-refractivity contribution in [2.75, 3.05) is 6.61 Å². The Morgan fingerprint density at radius 2 is 2.33 bits per heavy atom. The van der Waals surface area contributed by atoms with Crippen LogP contribution in [0.4, 0.5) is 0 Å². The second kappa shape index (κ2) is 4.28. The van der Waals surface area contributed by atoms with Crippen LogP contribution in [0.25, 0.3) is 0 Å². The van der Waals surface area contributed by atoms with E-state index in [0.29, 0.717) is 6.61 Å². The molecule has 5 heteroatoms. The van der Waals surface area contributed by atoms with Crippen molar-refractivity contribution >= 4 is 49.0 Å².